The van der Waals surface area contributed by atoms with Gasteiger partial charge in [-0.05, 0) is 18.2 Å². The van der Waals surface area contributed by atoms with Crippen molar-refractivity contribution in [1.82, 2.24) is 4.57 Å². The second-order valence-electron chi connectivity index (χ2n) is 3.28. The maximum absolute atomic E-state index is 10.8. The Morgan fingerprint density at radius 2 is 1.93 bits per heavy atom. The molecule has 0 saturated heterocycles. The molecule has 0 amide bonds. The van der Waals surface area contributed by atoms with E-state index in [2.05, 4.69) is 0 Å². The Labute approximate surface area is 86.9 Å². The lowest BCUT2D eigenvalue weighted by Gasteiger charge is -2.03. The van der Waals surface area contributed by atoms with Gasteiger partial charge in [-0.3, -0.25) is 10.1 Å². The Balaban J connectivity index is 2.63. The second-order valence-corrected chi connectivity index (χ2v) is 3.28. The predicted molar refractivity (Wildman–Crippen MR) is 57.5 cm³/mol. The number of hydrogen-bond donors (Lipinski definition) is 0. The number of aryl methyl sites for hydroxylation is 1. The summed E-state index contributed by atoms with van der Waals surface area (Å²) in [6, 6.07) is 10.5. The fourth-order valence-electron chi connectivity index (χ4n) is 1.59. The van der Waals surface area contributed by atoms with Crippen molar-refractivity contribution in [1.29, 1.82) is 0 Å². The van der Waals surface area contributed by atoms with E-state index in [0.29, 0.717) is 5.56 Å². The minimum atomic E-state index is -0.359. The standard InChI is InChI=1S/C11H10N2O2/c1-12-8-4-7-10(12)9-5-2-3-6-11(9)13(14)15/h2-8H,1H3. The van der Waals surface area contributed by atoms with Crippen LogP contribution in [0.5, 0.6) is 0 Å². The van der Waals surface area contributed by atoms with Gasteiger partial charge in [-0.25, -0.2) is 0 Å². The van der Waals surface area contributed by atoms with Crippen LogP contribution in [-0.4, -0.2) is 9.49 Å². The number of hydrogen-bond acceptors (Lipinski definition) is 2. The van der Waals surface area contributed by atoms with E-state index < -0.39 is 0 Å². The minimum absolute atomic E-state index is 0.138. The first-order valence-corrected chi connectivity index (χ1v) is 4.55. The average molecular weight is 202 g/mol. The highest BCUT2D eigenvalue weighted by Gasteiger charge is 2.15. The molecule has 1 aromatic carbocycles. The Hall–Kier alpha value is -2.10. The highest BCUT2D eigenvalue weighted by atomic mass is 16.6. The van der Waals surface area contributed by atoms with Gasteiger partial charge in [-0.2, -0.15) is 0 Å². The molecular formula is C11H10N2O2. The third kappa shape index (κ3) is 1.61. The maximum atomic E-state index is 10.8. The Bertz CT molecular complexity index is 503. The van der Waals surface area contributed by atoms with E-state index in [4.69, 9.17) is 0 Å². The molecule has 0 spiro atoms. The van der Waals surface area contributed by atoms with Crippen molar-refractivity contribution >= 4 is 5.69 Å². The molecule has 2 rings (SSSR count). The molecule has 1 aromatic heterocycles. The summed E-state index contributed by atoms with van der Waals surface area (Å²) in [6.45, 7) is 0. The molecule has 0 aliphatic heterocycles. The van der Waals surface area contributed by atoms with Crippen LogP contribution in [0.15, 0.2) is 42.6 Å². The molecule has 0 N–H and O–H groups in total. The Kier molecular flexibility index (Phi) is 2.25. The molecule has 0 saturated carbocycles. The number of aromatic nitrogens is 1. The van der Waals surface area contributed by atoms with E-state index in [9.17, 15) is 10.1 Å². The second kappa shape index (κ2) is 3.57. The third-order valence-electron chi connectivity index (χ3n) is 2.32. The summed E-state index contributed by atoms with van der Waals surface area (Å²) < 4.78 is 1.86. The van der Waals surface area contributed by atoms with Gasteiger partial charge >= 0.3 is 0 Å². The number of nitro benzene ring substituents is 1. The SMILES string of the molecule is Cn1cccc1-c1ccccc1[N+](=O)[O-]. The number of nitro groups is 1. The zero-order valence-electron chi connectivity index (χ0n) is 8.25. The van der Waals surface area contributed by atoms with Gasteiger partial charge in [0.25, 0.3) is 5.69 Å². The minimum Gasteiger partial charge on any atom is -0.350 e. The molecule has 0 unspecified atom stereocenters. The number of para-hydroxylation sites is 1. The van der Waals surface area contributed by atoms with E-state index >= 15 is 0 Å². The zero-order chi connectivity index (χ0) is 10.8. The molecule has 0 fully saturated rings. The van der Waals surface area contributed by atoms with E-state index in [0.717, 1.165) is 5.69 Å². The van der Waals surface area contributed by atoms with Crippen LogP contribution >= 0.6 is 0 Å². The van der Waals surface area contributed by atoms with Gasteiger partial charge in [0, 0.05) is 19.3 Å². The lowest BCUT2D eigenvalue weighted by atomic mass is 10.1. The summed E-state index contributed by atoms with van der Waals surface area (Å²) in [4.78, 5) is 10.5. The molecular weight excluding hydrogens is 192 g/mol. The van der Waals surface area contributed by atoms with Crippen LogP contribution in [0.2, 0.25) is 0 Å². The molecule has 15 heavy (non-hydrogen) atoms. The lowest BCUT2D eigenvalue weighted by molar-refractivity contribution is -0.384. The molecule has 0 atom stereocenters. The molecule has 4 heteroatoms. The van der Waals surface area contributed by atoms with Crippen molar-refractivity contribution in [3.8, 4) is 11.3 Å². The Morgan fingerprint density at radius 3 is 2.53 bits per heavy atom. The zero-order valence-corrected chi connectivity index (χ0v) is 8.25. The van der Waals surface area contributed by atoms with Crippen molar-refractivity contribution < 1.29 is 4.92 Å². The molecule has 0 bridgehead atoms. The molecule has 1 heterocycles. The quantitative estimate of drug-likeness (QED) is 0.555. The van der Waals surface area contributed by atoms with E-state index in [1.807, 2.05) is 29.9 Å². The fraction of sp³-hybridized carbons (Fsp3) is 0.0909. The maximum Gasteiger partial charge on any atom is 0.278 e. The van der Waals surface area contributed by atoms with Crippen LogP contribution < -0.4 is 0 Å². The number of rotatable bonds is 2. The molecule has 2 aromatic rings. The van der Waals surface area contributed by atoms with Gasteiger partial charge < -0.3 is 4.57 Å². The van der Waals surface area contributed by atoms with E-state index in [1.165, 1.54) is 6.07 Å². The van der Waals surface area contributed by atoms with E-state index in [-0.39, 0.29) is 10.6 Å². The molecule has 0 aliphatic carbocycles. The molecule has 0 aliphatic rings. The summed E-state index contributed by atoms with van der Waals surface area (Å²) in [5.41, 5.74) is 1.64. The largest absolute Gasteiger partial charge is 0.350 e. The van der Waals surface area contributed by atoms with Gasteiger partial charge in [-0.15, -0.1) is 0 Å². The lowest BCUT2D eigenvalue weighted by Crippen LogP contribution is -1.95. The van der Waals surface area contributed by atoms with Gasteiger partial charge in [0.1, 0.15) is 0 Å². The van der Waals surface area contributed by atoms with Crippen LogP contribution in [0.25, 0.3) is 11.3 Å². The van der Waals surface area contributed by atoms with Crippen molar-refractivity contribution in [2.24, 2.45) is 7.05 Å². The van der Waals surface area contributed by atoms with Crippen molar-refractivity contribution in [3.63, 3.8) is 0 Å². The molecule has 76 valence electrons. The van der Waals surface area contributed by atoms with Crippen LogP contribution in [-0.2, 0) is 7.05 Å². The highest BCUT2D eigenvalue weighted by molar-refractivity contribution is 5.70. The summed E-state index contributed by atoms with van der Waals surface area (Å²) in [5, 5.41) is 10.8. The smallest absolute Gasteiger partial charge is 0.278 e. The first-order chi connectivity index (χ1) is 7.20. The van der Waals surface area contributed by atoms with Crippen LogP contribution in [0.4, 0.5) is 5.69 Å². The predicted octanol–water partition coefficient (Wildman–Crippen LogP) is 2.60. The normalized spacial score (nSPS) is 10.2. The van der Waals surface area contributed by atoms with Gasteiger partial charge in [0.2, 0.25) is 0 Å². The van der Waals surface area contributed by atoms with Gasteiger partial charge in [0.05, 0.1) is 16.2 Å². The highest BCUT2D eigenvalue weighted by Crippen LogP contribution is 2.28. The van der Waals surface area contributed by atoms with Gasteiger partial charge in [-0.1, -0.05) is 12.1 Å². The monoisotopic (exact) mass is 202 g/mol. The first-order valence-electron chi connectivity index (χ1n) is 4.55. The van der Waals surface area contributed by atoms with Gasteiger partial charge in [0.15, 0.2) is 0 Å². The Morgan fingerprint density at radius 1 is 1.20 bits per heavy atom. The average Bonchev–Trinajstić information content (AvgIpc) is 2.64. The van der Waals surface area contributed by atoms with Crippen LogP contribution in [0.1, 0.15) is 0 Å². The first kappa shape index (κ1) is 9.45. The van der Waals surface area contributed by atoms with E-state index in [1.54, 1.807) is 18.2 Å². The van der Waals surface area contributed by atoms with Crippen molar-refractivity contribution in [2.75, 3.05) is 0 Å². The summed E-state index contributed by atoms with van der Waals surface area (Å²) >= 11 is 0. The fourth-order valence-corrected chi connectivity index (χ4v) is 1.59. The molecule has 4 nitrogen and oxygen atoms in total. The number of benzene rings is 1. The molecule has 0 radical (unpaired) electrons. The van der Waals surface area contributed by atoms with Crippen LogP contribution in [0, 0.1) is 10.1 Å². The summed E-state index contributed by atoms with van der Waals surface area (Å²) in [5.74, 6) is 0. The summed E-state index contributed by atoms with van der Waals surface area (Å²) in [7, 11) is 1.87. The topological polar surface area (TPSA) is 48.1 Å². The van der Waals surface area contributed by atoms with Crippen molar-refractivity contribution in [3.05, 3.63) is 52.7 Å². The van der Waals surface area contributed by atoms with Crippen molar-refractivity contribution in [2.45, 2.75) is 0 Å². The number of nitrogens with zero attached hydrogens (tertiary/aromatic N) is 2. The summed E-state index contributed by atoms with van der Waals surface area (Å²) in [6.07, 6.45) is 1.87. The van der Waals surface area contributed by atoms with Crippen LogP contribution in [0.3, 0.4) is 0 Å². The third-order valence-corrected chi connectivity index (χ3v) is 2.32.